The van der Waals surface area contributed by atoms with Crippen molar-refractivity contribution in [2.75, 3.05) is 12.0 Å². The Morgan fingerprint density at radius 2 is 1.82 bits per heavy atom. The lowest BCUT2D eigenvalue weighted by Gasteiger charge is -2.37. The molecule has 3 aromatic carbocycles. The molecule has 5 rings (SSSR count). The van der Waals surface area contributed by atoms with Gasteiger partial charge in [-0.15, -0.1) is 0 Å². The average molecular weight is 473 g/mol. The number of aromatic nitrogens is 2. The van der Waals surface area contributed by atoms with Crippen LogP contribution in [0.15, 0.2) is 89.1 Å². The topological polar surface area (TPSA) is 63.4 Å². The van der Waals surface area contributed by atoms with E-state index in [-0.39, 0.29) is 11.9 Å². The van der Waals surface area contributed by atoms with Crippen LogP contribution in [0, 0.1) is 5.82 Å². The molecule has 0 bridgehead atoms. The van der Waals surface area contributed by atoms with Gasteiger partial charge in [-0.2, -0.15) is 4.98 Å². The van der Waals surface area contributed by atoms with Gasteiger partial charge in [0.05, 0.1) is 24.4 Å². The third kappa shape index (κ3) is 4.04. The molecule has 6 nitrogen and oxygen atoms in total. The smallest absolute Gasteiger partial charge is 0.258 e. The van der Waals surface area contributed by atoms with Crippen LogP contribution in [0.1, 0.15) is 24.4 Å². The minimum absolute atomic E-state index is 0.308. The zero-order chi connectivity index (χ0) is 23.7. The molecule has 4 aromatic rings. The summed E-state index contributed by atoms with van der Waals surface area (Å²) in [7, 11) is 1.62. The predicted molar refractivity (Wildman–Crippen MR) is 133 cm³/mol. The maximum absolute atomic E-state index is 13.8. The van der Waals surface area contributed by atoms with Crippen molar-refractivity contribution in [3.05, 3.63) is 102 Å². The van der Waals surface area contributed by atoms with Crippen LogP contribution in [0.2, 0.25) is 0 Å². The maximum Gasteiger partial charge on any atom is 0.258 e. The summed E-state index contributed by atoms with van der Waals surface area (Å²) in [5.41, 5.74) is 3.98. The first kappa shape index (κ1) is 21.8. The number of nitrogens with one attached hydrogen (secondary N) is 1. The second-order valence-corrected chi connectivity index (χ2v) is 8.15. The largest absolute Gasteiger partial charge is 0.497 e. The van der Waals surface area contributed by atoms with E-state index in [1.165, 1.54) is 12.1 Å². The quantitative estimate of drug-likeness (QED) is 0.371. The Morgan fingerprint density at radius 3 is 2.59 bits per heavy atom. The highest BCUT2D eigenvalue weighted by Crippen LogP contribution is 2.39. The van der Waals surface area contributed by atoms with Gasteiger partial charge < -0.3 is 14.6 Å². The molecule has 0 aliphatic carbocycles. The molecule has 1 unspecified atom stereocenters. The van der Waals surface area contributed by atoms with Gasteiger partial charge in [0.2, 0.25) is 5.82 Å². The highest BCUT2D eigenvalue weighted by Gasteiger charge is 2.34. The van der Waals surface area contributed by atoms with Crippen molar-refractivity contribution >= 4 is 28.6 Å². The van der Waals surface area contributed by atoms with E-state index in [2.05, 4.69) is 15.5 Å². The predicted octanol–water partition coefficient (Wildman–Crippen LogP) is 5.75. The lowest BCUT2D eigenvalue weighted by Crippen LogP contribution is -2.46. The van der Waals surface area contributed by atoms with Crippen LogP contribution >= 0.6 is 12.2 Å². The van der Waals surface area contributed by atoms with E-state index in [0.29, 0.717) is 28.1 Å². The Labute approximate surface area is 201 Å². The van der Waals surface area contributed by atoms with Crippen LogP contribution < -0.4 is 15.0 Å². The van der Waals surface area contributed by atoms with Crippen molar-refractivity contribution in [2.45, 2.75) is 13.0 Å². The average Bonchev–Trinajstić information content (AvgIpc) is 3.34. The molecule has 34 heavy (non-hydrogen) atoms. The summed E-state index contributed by atoms with van der Waals surface area (Å²) in [5, 5.41) is 8.09. The van der Waals surface area contributed by atoms with E-state index in [0.717, 1.165) is 22.5 Å². The summed E-state index contributed by atoms with van der Waals surface area (Å²) < 4.78 is 24.9. The maximum atomic E-state index is 13.8. The highest BCUT2D eigenvalue weighted by atomic mass is 32.1. The highest BCUT2D eigenvalue weighted by molar-refractivity contribution is 7.80. The molecule has 1 aromatic heterocycles. The molecule has 1 N–H and O–H groups in total. The second kappa shape index (κ2) is 9.07. The molecule has 0 saturated carbocycles. The summed E-state index contributed by atoms with van der Waals surface area (Å²) in [6.07, 6.45) is 0. The number of allylic oxidation sites excluding steroid dienone is 1. The van der Waals surface area contributed by atoms with E-state index >= 15 is 0 Å². The van der Waals surface area contributed by atoms with Crippen molar-refractivity contribution < 1.29 is 13.7 Å². The fourth-order valence-electron chi connectivity index (χ4n) is 4.05. The lowest BCUT2D eigenvalue weighted by molar-refractivity contribution is 0.404. The van der Waals surface area contributed by atoms with Crippen LogP contribution in [-0.4, -0.2) is 22.4 Å². The second-order valence-electron chi connectivity index (χ2n) is 7.76. The Hall–Kier alpha value is -4.04. The van der Waals surface area contributed by atoms with Gasteiger partial charge in [0.15, 0.2) is 5.11 Å². The normalized spacial score (nSPS) is 15.9. The van der Waals surface area contributed by atoms with Gasteiger partial charge in [0.1, 0.15) is 11.6 Å². The summed E-state index contributed by atoms with van der Waals surface area (Å²) in [6.45, 7) is 1.96. The van der Waals surface area contributed by atoms with Crippen molar-refractivity contribution in [3.8, 4) is 17.1 Å². The minimum atomic E-state index is -0.365. The molecule has 0 saturated heterocycles. The molecule has 0 radical (unpaired) electrons. The fraction of sp³-hybridized carbons (Fsp3) is 0.115. The van der Waals surface area contributed by atoms with Crippen LogP contribution in [0.3, 0.4) is 0 Å². The zero-order valence-corrected chi connectivity index (χ0v) is 19.3. The number of methoxy groups -OCH3 is 1. The van der Waals surface area contributed by atoms with Gasteiger partial charge in [-0.25, -0.2) is 4.39 Å². The number of nitrogens with zero attached hydrogens (tertiary/aromatic N) is 3. The first-order valence-corrected chi connectivity index (χ1v) is 11.1. The van der Waals surface area contributed by atoms with Crippen molar-refractivity contribution in [1.29, 1.82) is 0 Å². The summed E-state index contributed by atoms with van der Waals surface area (Å²) in [6, 6.07) is 23.3. The van der Waals surface area contributed by atoms with Crippen molar-refractivity contribution in [2.24, 2.45) is 0 Å². The van der Waals surface area contributed by atoms with Crippen molar-refractivity contribution in [1.82, 2.24) is 15.5 Å². The van der Waals surface area contributed by atoms with Gasteiger partial charge in [0, 0.05) is 17.3 Å². The lowest BCUT2D eigenvalue weighted by atomic mass is 9.94. The van der Waals surface area contributed by atoms with Crippen LogP contribution in [0.25, 0.3) is 17.0 Å². The summed E-state index contributed by atoms with van der Waals surface area (Å²) >= 11 is 5.77. The third-order valence-electron chi connectivity index (χ3n) is 5.67. The molecule has 170 valence electrons. The Morgan fingerprint density at radius 1 is 1.03 bits per heavy atom. The van der Waals surface area contributed by atoms with Gasteiger partial charge in [-0.1, -0.05) is 53.7 Å². The monoisotopic (exact) mass is 472 g/mol. The van der Waals surface area contributed by atoms with Gasteiger partial charge >= 0.3 is 0 Å². The molecule has 1 atom stereocenters. The SMILES string of the molecule is COc1cccc(N2C(=S)NC(c3ccccc3)C(c3nc(-c4cccc(F)c4)no3)=C2C)c1. The number of ether oxygens (including phenoxy) is 1. The van der Waals surface area contributed by atoms with E-state index in [1.807, 2.05) is 66.4 Å². The van der Waals surface area contributed by atoms with Gasteiger partial charge in [0.25, 0.3) is 5.89 Å². The number of hydrogen-bond donors (Lipinski definition) is 1. The van der Waals surface area contributed by atoms with E-state index in [9.17, 15) is 4.39 Å². The Bertz CT molecular complexity index is 1390. The number of benzene rings is 3. The molecule has 1 aliphatic heterocycles. The summed E-state index contributed by atoms with van der Waals surface area (Å²) in [5.74, 6) is 0.984. The molecule has 2 heterocycles. The molecule has 1 aliphatic rings. The van der Waals surface area contributed by atoms with Gasteiger partial charge in [-0.05, 0) is 49.0 Å². The molecule has 0 spiro atoms. The van der Waals surface area contributed by atoms with Crippen LogP contribution in [0.5, 0.6) is 5.75 Å². The number of thiocarbonyl (C=S) groups is 1. The molecule has 8 heteroatoms. The Kier molecular flexibility index (Phi) is 5.81. The first-order chi connectivity index (χ1) is 16.5. The molecule has 0 amide bonds. The summed E-state index contributed by atoms with van der Waals surface area (Å²) in [4.78, 5) is 6.54. The van der Waals surface area contributed by atoms with E-state index in [1.54, 1.807) is 19.2 Å². The zero-order valence-electron chi connectivity index (χ0n) is 18.5. The fourth-order valence-corrected chi connectivity index (χ4v) is 4.41. The number of halogens is 1. The Balaban J connectivity index is 1.66. The van der Waals surface area contributed by atoms with Crippen LogP contribution in [-0.2, 0) is 0 Å². The molecule has 0 fully saturated rings. The number of rotatable bonds is 5. The third-order valence-corrected chi connectivity index (χ3v) is 5.97. The number of anilines is 1. The van der Waals surface area contributed by atoms with E-state index < -0.39 is 0 Å². The first-order valence-electron chi connectivity index (χ1n) is 10.7. The molecular formula is C26H21FN4O2S. The van der Waals surface area contributed by atoms with Gasteiger partial charge in [-0.3, -0.25) is 4.90 Å². The molecular weight excluding hydrogens is 451 g/mol. The minimum Gasteiger partial charge on any atom is -0.497 e. The number of hydrogen-bond acceptors (Lipinski definition) is 5. The van der Waals surface area contributed by atoms with Crippen molar-refractivity contribution in [3.63, 3.8) is 0 Å². The standard InChI is InChI=1S/C26H21FN4O2S/c1-16-22(25-29-24(30-33-25)18-10-6-11-19(27)14-18)23(17-8-4-3-5-9-17)28-26(34)31(16)20-12-7-13-21(15-20)32-2/h3-15,23H,1-2H3,(H,28,34). The van der Waals surface area contributed by atoms with E-state index in [4.69, 9.17) is 21.5 Å². The van der Waals surface area contributed by atoms with Crippen LogP contribution in [0.4, 0.5) is 10.1 Å².